The molecule has 0 aliphatic heterocycles. The molecule has 3 aromatic rings. The number of pyridine rings is 1. The van der Waals surface area contributed by atoms with Gasteiger partial charge in [-0.2, -0.15) is 13.2 Å². The Balaban J connectivity index is 2.03. The highest BCUT2D eigenvalue weighted by molar-refractivity contribution is 7.69. The quantitative estimate of drug-likeness (QED) is 0.630. The number of aryl methyl sites for hydroxylation is 1. The van der Waals surface area contributed by atoms with E-state index >= 15 is 0 Å². The van der Waals surface area contributed by atoms with Crippen LogP contribution in [0, 0.1) is 6.92 Å². The summed E-state index contributed by atoms with van der Waals surface area (Å²) in [5, 5.41) is 3.79. The summed E-state index contributed by atoms with van der Waals surface area (Å²) in [7, 11) is -2.59. The third-order valence-corrected chi connectivity index (χ3v) is 5.65. The van der Waals surface area contributed by atoms with Crippen LogP contribution in [0.4, 0.5) is 19.0 Å². The first-order valence-electron chi connectivity index (χ1n) is 8.59. The van der Waals surface area contributed by atoms with E-state index in [0.29, 0.717) is 33.5 Å². The van der Waals surface area contributed by atoms with Gasteiger partial charge in [0.05, 0.1) is 17.3 Å². The van der Waals surface area contributed by atoms with Gasteiger partial charge < -0.3 is 9.88 Å². The highest BCUT2D eigenvalue weighted by Gasteiger charge is 2.30. The molecular weight excluding hydrogens is 388 g/mol. The zero-order valence-electron chi connectivity index (χ0n) is 15.9. The summed E-state index contributed by atoms with van der Waals surface area (Å²) in [6.45, 7) is 6.71. The van der Waals surface area contributed by atoms with Gasteiger partial charge in [0.15, 0.2) is 0 Å². The number of rotatable bonds is 4. The summed E-state index contributed by atoms with van der Waals surface area (Å²) < 4.78 is 51.4. The molecule has 3 rings (SSSR count). The van der Waals surface area contributed by atoms with E-state index < -0.39 is 24.9 Å². The van der Waals surface area contributed by atoms with Crippen molar-refractivity contribution >= 4 is 29.3 Å². The van der Waals surface area contributed by atoms with Gasteiger partial charge in [0.2, 0.25) is 0 Å². The van der Waals surface area contributed by atoms with Crippen LogP contribution < -0.4 is 10.8 Å². The monoisotopic (exact) mass is 408 g/mol. The summed E-state index contributed by atoms with van der Waals surface area (Å²) in [5.41, 5.74) is 0.794. The van der Waals surface area contributed by atoms with Gasteiger partial charge >= 0.3 is 6.18 Å². The third kappa shape index (κ3) is 4.33. The van der Waals surface area contributed by atoms with Crippen LogP contribution in [0.2, 0.25) is 0 Å². The first-order valence-corrected chi connectivity index (χ1v) is 11.2. The molecule has 148 valence electrons. The summed E-state index contributed by atoms with van der Waals surface area (Å²) in [6, 6.07) is 6.41. The van der Waals surface area contributed by atoms with Crippen molar-refractivity contribution < 1.29 is 17.7 Å². The van der Waals surface area contributed by atoms with Crippen LogP contribution in [-0.4, -0.2) is 28.3 Å². The summed E-state index contributed by atoms with van der Waals surface area (Å²) in [6.07, 6.45) is -2.86. The molecule has 0 fully saturated rings. The maximum atomic E-state index is 13.0. The fourth-order valence-electron chi connectivity index (χ4n) is 2.81. The Morgan fingerprint density at radius 3 is 2.50 bits per heavy atom. The van der Waals surface area contributed by atoms with Crippen LogP contribution in [0.5, 0.6) is 0 Å². The van der Waals surface area contributed by atoms with Crippen molar-refractivity contribution in [2.75, 3.05) is 18.6 Å². The minimum Gasteiger partial charge on any atom is -0.363 e. The Morgan fingerprint density at radius 1 is 1.14 bits per heavy atom. The number of alkyl halides is 3. The Morgan fingerprint density at radius 2 is 1.86 bits per heavy atom. The average Bonchev–Trinajstić information content (AvgIpc) is 2.59. The largest absolute Gasteiger partial charge is 0.416 e. The third-order valence-electron chi connectivity index (χ3n) is 4.30. The van der Waals surface area contributed by atoms with E-state index in [4.69, 9.17) is 0 Å². The molecule has 0 saturated carbocycles. The number of aromatic nitrogens is 3. The Labute approximate surface area is 160 Å². The molecule has 28 heavy (non-hydrogen) atoms. The van der Waals surface area contributed by atoms with E-state index in [1.165, 1.54) is 6.07 Å². The van der Waals surface area contributed by atoms with Gasteiger partial charge in [0.25, 0.3) is 0 Å². The second-order valence-corrected chi connectivity index (χ2v) is 10.2. The fourth-order valence-corrected chi connectivity index (χ4v) is 3.59. The van der Waals surface area contributed by atoms with Crippen molar-refractivity contribution in [3.8, 4) is 0 Å². The number of nitrogens with zero attached hydrogens (tertiary/aromatic N) is 3. The zero-order valence-corrected chi connectivity index (χ0v) is 16.8. The highest BCUT2D eigenvalue weighted by Crippen LogP contribution is 2.35. The maximum Gasteiger partial charge on any atom is 0.416 e. The molecule has 0 unspecified atom stereocenters. The van der Waals surface area contributed by atoms with Gasteiger partial charge in [-0.3, -0.25) is 4.98 Å². The minimum absolute atomic E-state index is 0.438. The van der Waals surface area contributed by atoms with Crippen LogP contribution in [0.3, 0.4) is 0 Å². The van der Waals surface area contributed by atoms with Crippen molar-refractivity contribution in [3.63, 3.8) is 0 Å². The SMILES string of the molecule is Cc1nc(N[C@H](C)c2cccc(C(F)(F)F)c2)c2cc(P(C)(C)=O)ncc2n1. The van der Waals surface area contributed by atoms with E-state index in [0.717, 1.165) is 12.1 Å². The van der Waals surface area contributed by atoms with Gasteiger partial charge in [-0.1, -0.05) is 12.1 Å². The van der Waals surface area contributed by atoms with Gasteiger partial charge in [0.1, 0.15) is 24.2 Å². The van der Waals surface area contributed by atoms with Crippen molar-refractivity contribution in [1.82, 2.24) is 15.0 Å². The molecule has 0 amide bonds. The molecule has 1 N–H and O–H groups in total. The smallest absolute Gasteiger partial charge is 0.363 e. The molecular formula is C19H20F3N4OP. The average molecular weight is 408 g/mol. The summed E-state index contributed by atoms with van der Waals surface area (Å²) >= 11 is 0. The molecule has 5 nitrogen and oxygen atoms in total. The Hall–Kier alpha value is -2.47. The number of benzene rings is 1. The predicted molar refractivity (Wildman–Crippen MR) is 105 cm³/mol. The van der Waals surface area contributed by atoms with E-state index in [1.807, 2.05) is 0 Å². The lowest BCUT2D eigenvalue weighted by Crippen LogP contribution is -2.13. The number of anilines is 1. The molecule has 0 saturated heterocycles. The van der Waals surface area contributed by atoms with Gasteiger partial charge in [-0.25, -0.2) is 9.97 Å². The van der Waals surface area contributed by atoms with Crippen LogP contribution in [0.25, 0.3) is 10.9 Å². The minimum atomic E-state index is -4.40. The molecule has 0 spiro atoms. The highest BCUT2D eigenvalue weighted by atomic mass is 31.2. The Bertz CT molecular complexity index is 1080. The van der Waals surface area contributed by atoms with E-state index in [1.54, 1.807) is 45.5 Å². The van der Waals surface area contributed by atoms with Crippen LogP contribution >= 0.6 is 7.14 Å². The summed E-state index contributed by atoms with van der Waals surface area (Å²) in [4.78, 5) is 13.0. The number of fused-ring (bicyclic) bond motifs is 1. The lowest BCUT2D eigenvalue weighted by molar-refractivity contribution is -0.137. The Kier molecular flexibility index (Phi) is 5.19. The first kappa shape index (κ1) is 20.3. The van der Waals surface area contributed by atoms with E-state index in [-0.39, 0.29) is 0 Å². The fraction of sp³-hybridized carbons (Fsp3) is 0.316. The van der Waals surface area contributed by atoms with Crippen LogP contribution in [-0.2, 0) is 10.7 Å². The zero-order chi connectivity index (χ0) is 20.7. The molecule has 1 aromatic carbocycles. The van der Waals surface area contributed by atoms with E-state index in [2.05, 4.69) is 20.3 Å². The number of nitrogens with one attached hydrogen (secondary N) is 1. The van der Waals surface area contributed by atoms with Crippen molar-refractivity contribution in [2.45, 2.75) is 26.1 Å². The molecule has 9 heteroatoms. The molecule has 1 atom stereocenters. The number of hydrogen-bond acceptors (Lipinski definition) is 5. The lowest BCUT2D eigenvalue weighted by Gasteiger charge is -2.18. The number of hydrogen-bond donors (Lipinski definition) is 1. The predicted octanol–water partition coefficient (Wildman–Crippen LogP) is 4.77. The number of halogens is 3. The van der Waals surface area contributed by atoms with Crippen LogP contribution in [0.1, 0.15) is 29.9 Å². The van der Waals surface area contributed by atoms with Crippen molar-refractivity contribution in [3.05, 3.63) is 53.5 Å². The maximum absolute atomic E-state index is 13.0. The second kappa shape index (κ2) is 7.17. The topological polar surface area (TPSA) is 67.8 Å². The lowest BCUT2D eigenvalue weighted by atomic mass is 10.0. The normalized spacial score (nSPS) is 13.5. The molecule has 0 radical (unpaired) electrons. The van der Waals surface area contributed by atoms with Gasteiger partial charge in [-0.15, -0.1) is 0 Å². The standard InChI is InChI=1S/C19H20F3N4OP/c1-11(13-6-5-7-14(8-13)19(20,21)22)24-18-15-9-17(28(3,4)27)23-10-16(15)25-12(2)26-18/h5-11H,1-4H3,(H,24,25,26)/t11-/m1/s1. The molecule has 2 aromatic heterocycles. The van der Waals surface area contributed by atoms with Crippen molar-refractivity contribution in [2.24, 2.45) is 0 Å². The second-order valence-electron chi connectivity index (χ2n) is 7.02. The molecule has 2 heterocycles. The summed E-state index contributed by atoms with van der Waals surface area (Å²) in [5.74, 6) is 0.960. The van der Waals surface area contributed by atoms with Crippen LogP contribution in [0.15, 0.2) is 36.5 Å². The first-order chi connectivity index (χ1) is 12.9. The molecule has 0 bridgehead atoms. The van der Waals surface area contributed by atoms with Crippen molar-refractivity contribution in [1.29, 1.82) is 0 Å². The van der Waals surface area contributed by atoms with Gasteiger partial charge in [-0.05, 0) is 50.9 Å². The van der Waals surface area contributed by atoms with E-state index in [9.17, 15) is 17.7 Å². The van der Waals surface area contributed by atoms with Gasteiger partial charge in [0, 0.05) is 11.4 Å². The molecule has 0 aliphatic carbocycles. The molecule has 0 aliphatic rings.